The summed E-state index contributed by atoms with van der Waals surface area (Å²) in [4.78, 5) is 13.3. The van der Waals surface area contributed by atoms with Crippen molar-refractivity contribution in [3.05, 3.63) is 12.2 Å². The summed E-state index contributed by atoms with van der Waals surface area (Å²) in [5.41, 5.74) is 0.484. The second kappa shape index (κ2) is 8.72. The molecule has 5 heteroatoms. The van der Waals surface area contributed by atoms with Gasteiger partial charge in [-0.05, 0) is 90.4 Å². The topological polar surface area (TPSA) is 98.0 Å². The molecule has 4 saturated carbocycles. The van der Waals surface area contributed by atoms with Gasteiger partial charge in [0.05, 0.1) is 18.3 Å². The van der Waals surface area contributed by atoms with Crippen molar-refractivity contribution in [1.29, 1.82) is 0 Å². The molecule has 0 heterocycles. The van der Waals surface area contributed by atoms with Crippen LogP contribution in [-0.4, -0.2) is 50.6 Å². The van der Waals surface area contributed by atoms with Crippen LogP contribution in [0.4, 0.5) is 0 Å². The molecule has 0 bridgehead atoms. The fraction of sp³-hybridized carbons (Fsp3) is 0.893. The SMILES string of the molecule is C=C(C(C)C)[C@@H](O)[C@H](O)[C@@H](C)[C@H]1CCC2C3CC(=O)C4C[C@H](O)[C@H](O)C[C@]4(C)C3CC[C@@]21C. The van der Waals surface area contributed by atoms with Gasteiger partial charge in [-0.3, -0.25) is 4.79 Å². The van der Waals surface area contributed by atoms with E-state index in [1.54, 1.807) is 0 Å². The van der Waals surface area contributed by atoms with Crippen LogP contribution in [0, 0.1) is 52.3 Å². The van der Waals surface area contributed by atoms with Crippen LogP contribution in [-0.2, 0) is 4.79 Å². The van der Waals surface area contributed by atoms with Crippen molar-refractivity contribution < 1.29 is 25.2 Å². The third kappa shape index (κ3) is 3.86. The number of carbonyl (C=O) groups is 1. The minimum atomic E-state index is -0.912. The first-order valence-electron chi connectivity index (χ1n) is 13.3. The molecule has 0 saturated heterocycles. The summed E-state index contributed by atoms with van der Waals surface area (Å²) >= 11 is 0. The van der Waals surface area contributed by atoms with Gasteiger partial charge in [0.2, 0.25) is 0 Å². The lowest BCUT2D eigenvalue weighted by Gasteiger charge is -2.61. The Hall–Kier alpha value is -0.750. The molecular formula is C28H46O5. The molecule has 0 amide bonds. The van der Waals surface area contributed by atoms with Gasteiger partial charge < -0.3 is 20.4 Å². The lowest BCUT2D eigenvalue weighted by Crippen LogP contribution is -2.59. The first kappa shape index (κ1) is 25.3. The summed E-state index contributed by atoms with van der Waals surface area (Å²) in [5.74, 6) is 1.63. The summed E-state index contributed by atoms with van der Waals surface area (Å²) in [6.45, 7) is 14.6. The quantitative estimate of drug-likeness (QED) is 0.467. The van der Waals surface area contributed by atoms with Gasteiger partial charge in [0.15, 0.2) is 0 Å². The van der Waals surface area contributed by atoms with Crippen molar-refractivity contribution in [3.63, 3.8) is 0 Å². The van der Waals surface area contributed by atoms with Crippen molar-refractivity contribution in [2.75, 3.05) is 0 Å². The average molecular weight is 463 g/mol. The standard InChI is InChI=1S/C28H46O5/c1-14(2)15(3)25(32)26(33)16(4)18-7-8-19-17-11-22(29)21-12-23(30)24(31)13-28(21,6)20(17)9-10-27(18,19)5/h14,16-21,23-26,30-33H,3,7-13H2,1-2,4-6H3/t16-,17?,18+,19?,20?,21?,23-,24+,25+,26+,27+,28+/m0/s1. The molecule has 0 aromatic carbocycles. The van der Waals surface area contributed by atoms with E-state index in [0.717, 1.165) is 25.7 Å². The van der Waals surface area contributed by atoms with Crippen LogP contribution in [0.3, 0.4) is 0 Å². The van der Waals surface area contributed by atoms with Crippen molar-refractivity contribution in [3.8, 4) is 0 Å². The van der Waals surface area contributed by atoms with Crippen LogP contribution in [0.25, 0.3) is 0 Å². The van der Waals surface area contributed by atoms with E-state index < -0.39 is 24.4 Å². The van der Waals surface area contributed by atoms with Gasteiger partial charge in [0.25, 0.3) is 0 Å². The molecule has 0 aliphatic heterocycles. The molecule has 0 spiro atoms. The Kier molecular flexibility index (Phi) is 6.70. The van der Waals surface area contributed by atoms with Crippen LogP contribution in [0.15, 0.2) is 12.2 Å². The van der Waals surface area contributed by atoms with E-state index in [1.807, 2.05) is 13.8 Å². The number of aliphatic hydroxyl groups is 4. The largest absolute Gasteiger partial charge is 0.390 e. The van der Waals surface area contributed by atoms with Gasteiger partial charge >= 0.3 is 0 Å². The highest BCUT2D eigenvalue weighted by Gasteiger charge is 2.63. The van der Waals surface area contributed by atoms with E-state index in [-0.39, 0.29) is 34.4 Å². The van der Waals surface area contributed by atoms with Gasteiger partial charge in [-0.25, -0.2) is 0 Å². The van der Waals surface area contributed by atoms with E-state index in [2.05, 4.69) is 27.4 Å². The summed E-state index contributed by atoms with van der Waals surface area (Å²) in [6, 6.07) is 0. The molecule has 4 rings (SSSR count). The van der Waals surface area contributed by atoms with Gasteiger partial charge in [0.1, 0.15) is 11.9 Å². The van der Waals surface area contributed by atoms with Gasteiger partial charge in [-0.2, -0.15) is 0 Å². The van der Waals surface area contributed by atoms with Crippen LogP contribution in [0.1, 0.15) is 79.6 Å². The molecule has 12 atom stereocenters. The molecule has 4 aliphatic carbocycles. The van der Waals surface area contributed by atoms with E-state index in [0.29, 0.717) is 48.5 Å². The van der Waals surface area contributed by atoms with Gasteiger partial charge in [0, 0.05) is 12.3 Å². The van der Waals surface area contributed by atoms with Crippen LogP contribution in [0.5, 0.6) is 0 Å². The Morgan fingerprint density at radius 3 is 2.27 bits per heavy atom. The minimum Gasteiger partial charge on any atom is -0.390 e. The highest BCUT2D eigenvalue weighted by Crippen LogP contribution is 2.67. The molecule has 0 radical (unpaired) electrons. The lowest BCUT2D eigenvalue weighted by molar-refractivity contribution is -0.174. The molecule has 0 aromatic rings. The van der Waals surface area contributed by atoms with Crippen LogP contribution in [0.2, 0.25) is 0 Å². The zero-order valence-corrected chi connectivity index (χ0v) is 21.2. The first-order chi connectivity index (χ1) is 15.3. The van der Waals surface area contributed by atoms with E-state index >= 15 is 0 Å². The molecule has 188 valence electrons. The summed E-state index contributed by atoms with van der Waals surface area (Å²) in [7, 11) is 0. The summed E-state index contributed by atoms with van der Waals surface area (Å²) in [5, 5.41) is 42.6. The fourth-order valence-corrected chi connectivity index (χ4v) is 9.06. The smallest absolute Gasteiger partial charge is 0.136 e. The number of rotatable bonds is 5. The molecular weight excluding hydrogens is 416 g/mol. The summed E-state index contributed by atoms with van der Waals surface area (Å²) in [6.07, 6.45) is 2.37. The number of hydrogen-bond acceptors (Lipinski definition) is 5. The monoisotopic (exact) mass is 462 g/mol. The first-order valence-corrected chi connectivity index (χ1v) is 13.3. The minimum absolute atomic E-state index is 0.0384. The Labute approximate surface area is 199 Å². The maximum atomic E-state index is 13.3. The second-order valence-electron chi connectivity index (χ2n) is 12.9. The Bertz CT molecular complexity index is 778. The highest BCUT2D eigenvalue weighted by molar-refractivity contribution is 5.83. The predicted molar refractivity (Wildman–Crippen MR) is 128 cm³/mol. The van der Waals surface area contributed by atoms with Crippen LogP contribution >= 0.6 is 0 Å². The molecule has 4 unspecified atom stereocenters. The number of carbonyl (C=O) groups excluding carboxylic acids is 1. The Morgan fingerprint density at radius 1 is 1.00 bits per heavy atom. The molecule has 4 fully saturated rings. The second-order valence-corrected chi connectivity index (χ2v) is 12.9. The number of hydrogen-bond donors (Lipinski definition) is 4. The predicted octanol–water partition coefficient (Wildman–Crippen LogP) is 3.73. The lowest BCUT2D eigenvalue weighted by atomic mass is 9.44. The van der Waals surface area contributed by atoms with Crippen LogP contribution < -0.4 is 0 Å². The maximum Gasteiger partial charge on any atom is 0.136 e. The van der Waals surface area contributed by atoms with Crippen molar-refractivity contribution in [2.45, 2.75) is 104 Å². The number of Topliss-reactive ketones (excluding diaryl/α,β-unsaturated/α-hetero) is 1. The van der Waals surface area contributed by atoms with Gasteiger partial charge in [-0.1, -0.05) is 41.2 Å². The highest BCUT2D eigenvalue weighted by atomic mass is 16.3. The normalized spacial score (nSPS) is 47.9. The molecule has 4 N–H and O–H groups in total. The molecule has 33 heavy (non-hydrogen) atoms. The molecule has 4 aliphatic rings. The average Bonchev–Trinajstić information content (AvgIpc) is 3.10. The number of fused-ring (bicyclic) bond motifs is 5. The van der Waals surface area contributed by atoms with Crippen molar-refractivity contribution >= 4 is 5.78 Å². The zero-order chi connectivity index (χ0) is 24.5. The van der Waals surface area contributed by atoms with Crippen molar-refractivity contribution in [2.24, 2.45) is 52.3 Å². The van der Waals surface area contributed by atoms with Crippen molar-refractivity contribution in [1.82, 2.24) is 0 Å². The third-order valence-electron chi connectivity index (χ3n) is 11.2. The zero-order valence-electron chi connectivity index (χ0n) is 21.2. The molecule has 5 nitrogen and oxygen atoms in total. The summed E-state index contributed by atoms with van der Waals surface area (Å²) < 4.78 is 0. The Morgan fingerprint density at radius 2 is 1.64 bits per heavy atom. The number of aliphatic hydroxyl groups excluding tert-OH is 4. The third-order valence-corrected chi connectivity index (χ3v) is 11.2. The van der Waals surface area contributed by atoms with Gasteiger partial charge in [-0.15, -0.1) is 0 Å². The van der Waals surface area contributed by atoms with E-state index in [9.17, 15) is 25.2 Å². The maximum absolute atomic E-state index is 13.3. The van der Waals surface area contributed by atoms with E-state index in [4.69, 9.17) is 0 Å². The fourth-order valence-electron chi connectivity index (χ4n) is 9.06. The van der Waals surface area contributed by atoms with E-state index in [1.165, 1.54) is 0 Å². The molecule has 0 aromatic heterocycles. The number of ketones is 1. The Balaban J connectivity index is 1.56.